The summed E-state index contributed by atoms with van der Waals surface area (Å²) < 4.78 is 11.0. The normalized spacial score (nSPS) is 25.1. The van der Waals surface area contributed by atoms with E-state index in [1.165, 1.54) is 5.56 Å². The highest BCUT2D eigenvalue weighted by Crippen LogP contribution is 2.37. The predicted molar refractivity (Wildman–Crippen MR) is 86.4 cm³/mol. The Bertz CT molecular complexity index is 515. The predicted octanol–water partition coefficient (Wildman–Crippen LogP) is 3.28. The van der Waals surface area contributed by atoms with E-state index < -0.39 is 6.09 Å². The van der Waals surface area contributed by atoms with Crippen molar-refractivity contribution < 1.29 is 19.4 Å². The van der Waals surface area contributed by atoms with E-state index in [1.54, 1.807) is 4.90 Å². The van der Waals surface area contributed by atoms with Gasteiger partial charge in [-0.1, -0.05) is 30.3 Å². The van der Waals surface area contributed by atoms with Gasteiger partial charge in [0.15, 0.2) is 6.29 Å². The second kappa shape index (κ2) is 7.32. The zero-order valence-electron chi connectivity index (χ0n) is 13.4. The van der Waals surface area contributed by atoms with E-state index in [9.17, 15) is 9.90 Å². The third kappa shape index (κ3) is 3.85. The van der Waals surface area contributed by atoms with Gasteiger partial charge in [0.1, 0.15) is 0 Å². The summed E-state index contributed by atoms with van der Waals surface area (Å²) in [7, 11) is 0. The van der Waals surface area contributed by atoms with Gasteiger partial charge in [0.05, 0.1) is 18.8 Å². The number of ether oxygens (including phenoxy) is 2. The summed E-state index contributed by atoms with van der Waals surface area (Å²) in [6.07, 6.45) is 4.36. The highest BCUT2D eigenvalue weighted by atomic mass is 16.7. The molecule has 0 aromatic heterocycles. The molecule has 2 saturated heterocycles. The number of benzene rings is 1. The molecule has 0 aliphatic carbocycles. The van der Waals surface area contributed by atoms with Gasteiger partial charge in [0.25, 0.3) is 0 Å². The van der Waals surface area contributed by atoms with Crippen LogP contribution in [-0.2, 0) is 15.9 Å². The lowest BCUT2D eigenvalue weighted by molar-refractivity contribution is -0.0497. The molecule has 1 aromatic carbocycles. The molecule has 2 aliphatic heterocycles. The summed E-state index contributed by atoms with van der Waals surface area (Å²) >= 11 is 0. The van der Waals surface area contributed by atoms with Crippen LogP contribution in [0.4, 0.5) is 4.79 Å². The number of rotatable bonds is 6. The molecule has 5 heteroatoms. The van der Waals surface area contributed by atoms with Crippen molar-refractivity contribution >= 4 is 6.09 Å². The second-order valence-electron chi connectivity index (χ2n) is 6.49. The van der Waals surface area contributed by atoms with Gasteiger partial charge in [-0.05, 0) is 44.1 Å². The van der Waals surface area contributed by atoms with E-state index in [1.807, 2.05) is 18.2 Å². The van der Waals surface area contributed by atoms with Crippen molar-refractivity contribution in [2.45, 2.75) is 50.4 Å². The Morgan fingerprint density at radius 3 is 2.70 bits per heavy atom. The van der Waals surface area contributed by atoms with Crippen LogP contribution in [0.25, 0.3) is 0 Å². The van der Waals surface area contributed by atoms with Gasteiger partial charge < -0.3 is 19.5 Å². The van der Waals surface area contributed by atoms with E-state index >= 15 is 0 Å². The van der Waals surface area contributed by atoms with E-state index in [2.05, 4.69) is 12.1 Å². The van der Waals surface area contributed by atoms with Crippen molar-refractivity contribution in [3.8, 4) is 0 Å². The molecule has 1 atom stereocenters. The quantitative estimate of drug-likeness (QED) is 0.874. The molecule has 1 N–H and O–H groups in total. The number of hydrogen-bond donors (Lipinski definition) is 1. The van der Waals surface area contributed by atoms with Crippen LogP contribution in [0.1, 0.15) is 37.7 Å². The Balaban J connectivity index is 1.69. The SMILES string of the molecule is O=C(O)N1CCC[C@]1(CCCC1OCCO1)Cc1ccccc1. The topological polar surface area (TPSA) is 59.0 Å². The fraction of sp³-hybridized carbons (Fsp3) is 0.611. The summed E-state index contributed by atoms with van der Waals surface area (Å²) in [6.45, 7) is 1.97. The van der Waals surface area contributed by atoms with Crippen molar-refractivity contribution in [3.05, 3.63) is 35.9 Å². The third-order valence-electron chi connectivity index (χ3n) is 4.98. The minimum absolute atomic E-state index is 0.108. The van der Waals surface area contributed by atoms with Crippen LogP contribution in [0.5, 0.6) is 0 Å². The molecule has 1 aromatic rings. The fourth-order valence-corrected chi connectivity index (χ4v) is 3.92. The van der Waals surface area contributed by atoms with Gasteiger partial charge in [-0.3, -0.25) is 0 Å². The summed E-state index contributed by atoms with van der Waals surface area (Å²) in [5.74, 6) is 0. The van der Waals surface area contributed by atoms with Gasteiger partial charge >= 0.3 is 6.09 Å². The number of carbonyl (C=O) groups is 1. The number of likely N-dealkylation sites (tertiary alicyclic amines) is 1. The van der Waals surface area contributed by atoms with Crippen molar-refractivity contribution in [1.82, 2.24) is 4.90 Å². The molecule has 0 bridgehead atoms. The van der Waals surface area contributed by atoms with Gasteiger partial charge in [-0.2, -0.15) is 0 Å². The standard InChI is InChI=1S/C18H25NO4/c20-17(21)19-11-5-10-18(19,14-15-6-2-1-3-7-15)9-4-8-16-22-12-13-23-16/h1-3,6-7,16H,4-5,8-14H2,(H,20,21)/t18-/m1/s1. The number of amides is 1. The van der Waals surface area contributed by atoms with Crippen LogP contribution >= 0.6 is 0 Å². The Kier molecular flexibility index (Phi) is 5.18. The smallest absolute Gasteiger partial charge is 0.407 e. The molecule has 1 amide bonds. The summed E-state index contributed by atoms with van der Waals surface area (Å²) in [5, 5.41) is 9.61. The lowest BCUT2D eigenvalue weighted by Gasteiger charge is -2.37. The maximum absolute atomic E-state index is 11.7. The average molecular weight is 319 g/mol. The third-order valence-corrected chi connectivity index (χ3v) is 4.98. The van der Waals surface area contributed by atoms with Gasteiger partial charge in [-0.15, -0.1) is 0 Å². The highest BCUT2D eigenvalue weighted by molar-refractivity contribution is 5.66. The minimum Gasteiger partial charge on any atom is -0.465 e. The van der Waals surface area contributed by atoms with E-state index in [4.69, 9.17) is 9.47 Å². The van der Waals surface area contributed by atoms with Crippen molar-refractivity contribution in [3.63, 3.8) is 0 Å². The molecular weight excluding hydrogens is 294 g/mol. The highest BCUT2D eigenvalue weighted by Gasteiger charge is 2.43. The number of carboxylic acid groups (broad SMARTS) is 1. The van der Waals surface area contributed by atoms with Crippen LogP contribution in [0, 0.1) is 0 Å². The van der Waals surface area contributed by atoms with Crippen LogP contribution in [0.3, 0.4) is 0 Å². The molecule has 23 heavy (non-hydrogen) atoms. The monoisotopic (exact) mass is 319 g/mol. The first kappa shape index (κ1) is 16.3. The van der Waals surface area contributed by atoms with Crippen molar-refractivity contribution in [2.24, 2.45) is 0 Å². The fourth-order valence-electron chi connectivity index (χ4n) is 3.92. The number of hydrogen-bond acceptors (Lipinski definition) is 3. The maximum Gasteiger partial charge on any atom is 0.407 e. The zero-order chi connectivity index (χ0) is 16.1. The lowest BCUT2D eigenvalue weighted by atomic mass is 9.83. The van der Waals surface area contributed by atoms with Gasteiger partial charge in [-0.25, -0.2) is 4.79 Å². The second-order valence-corrected chi connectivity index (χ2v) is 6.49. The van der Waals surface area contributed by atoms with E-state index in [0.717, 1.165) is 38.5 Å². The zero-order valence-corrected chi connectivity index (χ0v) is 13.4. The molecule has 2 aliphatic rings. The minimum atomic E-state index is -0.799. The van der Waals surface area contributed by atoms with Gasteiger partial charge in [0, 0.05) is 6.54 Å². The van der Waals surface area contributed by atoms with Crippen LogP contribution in [0.15, 0.2) is 30.3 Å². The first-order valence-corrected chi connectivity index (χ1v) is 8.47. The molecule has 0 unspecified atom stereocenters. The molecule has 2 fully saturated rings. The molecule has 0 saturated carbocycles. The summed E-state index contributed by atoms with van der Waals surface area (Å²) in [6, 6.07) is 10.2. The molecule has 3 rings (SSSR count). The Hall–Kier alpha value is -1.59. The van der Waals surface area contributed by atoms with Crippen molar-refractivity contribution in [1.29, 1.82) is 0 Å². The summed E-state index contributed by atoms with van der Waals surface area (Å²) in [4.78, 5) is 13.4. The molecule has 0 spiro atoms. The molecule has 5 nitrogen and oxygen atoms in total. The first-order valence-electron chi connectivity index (χ1n) is 8.47. The molecule has 126 valence electrons. The molecular formula is C18H25NO4. The molecule has 2 heterocycles. The van der Waals surface area contributed by atoms with E-state index in [0.29, 0.717) is 19.8 Å². The average Bonchev–Trinajstić information content (AvgIpc) is 3.18. The number of nitrogens with zero attached hydrogens (tertiary/aromatic N) is 1. The largest absolute Gasteiger partial charge is 0.465 e. The Morgan fingerprint density at radius 1 is 1.26 bits per heavy atom. The van der Waals surface area contributed by atoms with Crippen LogP contribution in [-0.4, -0.2) is 47.7 Å². The first-order chi connectivity index (χ1) is 11.2. The maximum atomic E-state index is 11.7. The van der Waals surface area contributed by atoms with E-state index in [-0.39, 0.29) is 11.8 Å². The van der Waals surface area contributed by atoms with Crippen LogP contribution < -0.4 is 0 Å². The Labute approximate surface area is 137 Å². The Morgan fingerprint density at radius 2 is 2.00 bits per heavy atom. The molecule has 0 radical (unpaired) electrons. The summed E-state index contributed by atoms with van der Waals surface area (Å²) in [5.41, 5.74) is 0.917. The van der Waals surface area contributed by atoms with Crippen LogP contribution in [0.2, 0.25) is 0 Å². The lowest BCUT2D eigenvalue weighted by Crippen LogP contribution is -2.48. The van der Waals surface area contributed by atoms with Gasteiger partial charge in [0.2, 0.25) is 0 Å². The van der Waals surface area contributed by atoms with Crippen molar-refractivity contribution in [2.75, 3.05) is 19.8 Å².